The van der Waals surface area contributed by atoms with Gasteiger partial charge in [-0.2, -0.15) is 5.10 Å². The Morgan fingerprint density at radius 3 is 3.03 bits per heavy atom. The second-order valence-electron chi connectivity index (χ2n) is 6.51. The molecular formula is C20H20ClFN6O2S. The predicted octanol–water partition coefficient (Wildman–Crippen LogP) is 1.99. The molecule has 11 heteroatoms. The molecule has 1 aliphatic rings. The van der Waals surface area contributed by atoms with Gasteiger partial charge in [0.15, 0.2) is 0 Å². The normalized spacial score (nSPS) is 12.6. The molecule has 0 aliphatic carbocycles. The first kappa shape index (κ1) is 22.6. The van der Waals surface area contributed by atoms with Crippen LogP contribution in [0, 0.1) is 11.8 Å². The summed E-state index contributed by atoms with van der Waals surface area (Å²) in [7, 11) is 0. The molecule has 4 rings (SSSR count). The number of pyridine rings is 1. The van der Waals surface area contributed by atoms with E-state index < -0.39 is 0 Å². The van der Waals surface area contributed by atoms with E-state index in [0.717, 1.165) is 22.0 Å². The second kappa shape index (κ2) is 10.3. The average Bonchev–Trinajstić information content (AvgIpc) is 3.37. The lowest BCUT2D eigenvalue weighted by Gasteiger charge is -2.17. The third-order valence-electron chi connectivity index (χ3n) is 4.38. The summed E-state index contributed by atoms with van der Waals surface area (Å²) in [5, 5.41) is 7.24. The number of ether oxygens (including phenoxy) is 1. The highest BCUT2D eigenvalue weighted by atomic mass is 35.5. The van der Waals surface area contributed by atoms with E-state index in [1.54, 1.807) is 0 Å². The maximum atomic E-state index is 12.7. The molecule has 3 aromatic heterocycles. The van der Waals surface area contributed by atoms with Crippen LogP contribution in [-0.2, 0) is 13.1 Å². The lowest BCUT2D eigenvalue weighted by Crippen LogP contribution is -2.26. The molecule has 0 spiro atoms. The van der Waals surface area contributed by atoms with Gasteiger partial charge in [0.25, 0.3) is 0 Å². The molecule has 0 radical (unpaired) electrons. The molecule has 0 fully saturated rings. The zero-order chi connectivity index (χ0) is 20.9. The Kier molecular flexibility index (Phi) is 7.46. The molecule has 0 unspecified atom stereocenters. The van der Waals surface area contributed by atoms with Gasteiger partial charge >= 0.3 is 5.69 Å². The fourth-order valence-corrected chi connectivity index (χ4v) is 3.70. The van der Waals surface area contributed by atoms with Crippen molar-refractivity contribution in [3.63, 3.8) is 0 Å². The fourth-order valence-electron chi connectivity index (χ4n) is 2.84. The highest BCUT2D eigenvalue weighted by Crippen LogP contribution is 2.24. The van der Waals surface area contributed by atoms with Crippen LogP contribution in [0.5, 0.6) is 5.88 Å². The van der Waals surface area contributed by atoms with Crippen LogP contribution >= 0.6 is 23.7 Å². The van der Waals surface area contributed by atoms with Gasteiger partial charge < -0.3 is 15.8 Å². The van der Waals surface area contributed by atoms with Crippen LogP contribution in [0.15, 0.2) is 47.3 Å². The summed E-state index contributed by atoms with van der Waals surface area (Å²) in [6, 6.07) is 7.57. The van der Waals surface area contributed by atoms with Gasteiger partial charge in [0.2, 0.25) is 5.88 Å². The molecule has 0 atom stereocenters. The maximum Gasteiger partial charge on any atom is 0.346 e. The van der Waals surface area contributed by atoms with Crippen LogP contribution in [0.25, 0.3) is 0 Å². The third kappa shape index (κ3) is 5.32. The number of thiophene rings is 1. The van der Waals surface area contributed by atoms with Gasteiger partial charge in [-0.3, -0.25) is 4.57 Å². The second-order valence-corrected chi connectivity index (χ2v) is 7.68. The number of nitrogens with two attached hydrogens (primary N) is 1. The van der Waals surface area contributed by atoms with E-state index in [1.807, 2.05) is 24.3 Å². The van der Waals surface area contributed by atoms with Crippen LogP contribution in [-0.4, -0.2) is 39.0 Å². The van der Waals surface area contributed by atoms with Crippen LogP contribution < -0.4 is 21.5 Å². The SMILES string of the molecule is Cl.NC/C(=C\F)Cn1ncn(Cc2ccc(C#Cc3ccc4c(n3)OCCN4)s2)c1=O. The Morgan fingerprint density at radius 2 is 2.23 bits per heavy atom. The highest BCUT2D eigenvalue weighted by molar-refractivity contribution is 7.12. The first-order valence-corrected chi connectivity index (χ1v) is 10.1. The Bertz CT molecular complexity index is 1210. The smallest absolute Gasteiger partial charge is 0.346 e. The van der Waals surface area contributed by atoms with Crippen LogP contribution in [0.1, 0.15) is 15.4 Å². The lowest BCUT2D eigenvalue weighted by atomic mass is 10.3. The molecule has 4 heterocycles. The van der Waals surface area contributed by atoms with Crippen molar-refractivity contribution < 1.29 is 9.13 Å². The molecule has 3 N–H and O–H groups in total. The highest BCUT2D eigenvalue weighted by Gasteiger charge is 2.11. The van der Waals surface area contributed by atoms with Crippen molar-refractivity contribution in [2.24, 2.45) is 5.73 Å². The quantitative estimate of drug-likeness (QED) is 0.562. The van der Waals surface area contributed by atoms with Gasteiger partial charge in [0.05, 0.1) is 30.0 Å². The zero-order valence-electron chi connectivity index (χ0n) is 16.4. The molecule has 0 amide bonds. The number of halogens is 2. The Labute approximate surface area is 188 Å². The summed E-state index contributed by atoms with van der Waals surface area (Å²) in [4.78, 5) is 18.6. The predicted molar refractivity (Wildman–Crippen MR) is 120 cm³/mol. The van der Waals surface area contributed by atoms with Crippen molar-refractivity contribution in [1.29, 1.82) is 0 Å². The number of hydrogen-bond acceptors (Lipinski definition) is 7. The topological polar surface area (TPSA) is 100.0 Å². The minimum absolute atomic E-state index is 0. The number of fused-ring (bicyclic) bond motifs is 1. The average molecular weight is 463 g/mol. The number of nitrogens with zero attached hydrogens (tertiary/aromatic N) is 4. The molecular weight excluding hydrogens is 443 g/mol. The van der Waals surface area contributed by atoms with E-state index in [1.165, 1.54) is 26.9 Å². The lowest BCUT2D eigenvalue weighted by molar-refractivity contribution is 0.310. The molecule has 3 aromatic rings. The van der Waals surface area contributed by atoms with Crippen LogP contribution in [0.3, 0.4) is 0 Å². The molecule has 1 aliphatic heterocycles. The minimum Gasteiger partial charge on any atom is -0.474 e. The largest absolute Gasteiger partial charge is 0.474 e. The van der Waals surface area contributed by atoms with Gasteiger partial charge in [-0.05, 0) is 41.7 Å². The van der Waals surface area contributed by atoms with Crippen molar-refractivity contribution in [3.05, 3.63) is 68.4 Å². The summed E-state index contributed by atoms with van der Waals surface area (Å²) < 4.78 is 20.9. The first-order chi connectivity index (χ1) is 14.7. The summed E-state index contributed by atoms with van der Waals surface area (Å²) in [6.07, 6.45) is 1.85. The van der Waals surface area contributed by atoms with E-state index in [9.17, 15) is 9.18 Å². The number of nitrogens with one attached hydrogen (secondary N) is 1. The van der Waals surface area contributed by atoms with Crippen molar-refractivity contribution in [2.75, 3.05) is 25.0 Å². The third-order valence-corrected chi connectivity index (χ3v) is 5.37. The molecule has 162 valence electrons. The van der Waals surface area contributed by atoms with Gasteiger partial charge in [-0.1, -0.05) is 0 Å². The van der Waals surface area contributed by atoms with Gasteiger partial charge in [-0.15, -0.1) is 23.7 Å². The minimum atomic E-state index is -0.323. The van der Waals surface area contributed by atoms with E-state index in [2.05, 4.69) is 27.2 Å². The summed E-state index contributed by atoms with van der Waals surface area (Å²) in [6.45, 7) is 1.77. The van der Waals surface area contributed by atoms with Crippen LogP contribution in [0.4, 0.5) is 10.1 Å². The Balaban J connectivity index is 0.00000272. The fraction of sp³-hybridized carbons (Fsp3) is 0.250. The van der Waals surface area contributed by atoms with Gasteiger partial charge in [0, 0.05) is 18.0 Å². The number of rotatable bonds is 5. The van der Waals surface area contributed by atoms with Gasteiger partial charge in [0.1, 0.15) is 18.6 Å². The molecule has 0 aromatic carbocycles. The summed E-state index contributed by atoms with van der Waals surface area (Å²) >= 11 is 1.48. The van der Waals surface area contributed by atoms with Gasteiger partial charge in [-0.25, -0.2) is 18.9 Å². The maximum absolute atomic E-state index is 12.7. The molecule has 31 heavy (non-hydrogen) atoms. The summed E-state index contributed by atoms with van der Waals surface area (Å²) in [5.74, 6) is 6.70. The molecule has 0 saturated heterocycles. The monoisotopic (exact) mass is 462 g/mol. The van der Waals surface area contributed by atoms with E-state index >= 15 is 0 Å². The van der Waals surface area contributed by atoms with E-state index in [4.69, 9.17) is 10.5 Å². The Morgan fingerprint density at radius 1 is 1.35 bits per heavy atom. The van der Waals surface area contributed by atoms with Crippen LogP contribution in [0.2, 0.25) is 0 Å². The van der Waals surface area contributed by atoms with Crippen molar-refractivity contribution in [3.8, 4) is 17.7 Å². The number of hydrogen-bond donors (Lipinski definition) is 2. The summed E-state index contributed by atoms with van der Waals surface area (Å²) in [5.41, 5.74) is 6.91. The van der Waals surface area contributed by atoms with E-state index in [0.29, 0.717) is 36.6 Å². The first-order valence-electron chi connectivity index (χ1n) is 9.25. The number of anilines is 1. The standard InChI is InChI=1S/C20H19FN6O2S.ClH/c21-9-14(10-22)11-27-20(28)26(13-24-27)12-17-5-4-16(30-17)3-1-15-2-6-18-19(25-15)29-8-7-23-18;/h2,4-6,9,13,23H,7-8,10-12,22H2;1H/b14-9+;. The molecule has 0 bridgehead atoms. The van der Waals surface area contributed by atoms with Crippen molar-refractivity contribution in [2.45, 2.75) is 13.1 Å². The Hall–Kier alpha value is -3.13. The zero-order valence-corrected chi connectivity index (χ0v) is 18.0. The van der Waals surface area contributed by atoms with Crippen molar-refractivity contribution in [1.82, 2.24) is 19.3 Å². The van der Waals surface area contributed by atoms with Crippen molar-refractivity contribution >= 4 is 29.4 Å². The number of aromatic nitrogens is 4. The molecule has 8 nitrogen and oxygen atoms in total. The molecule has 0 saturated carbocycles. The van der Waals surface area contributed by atoms with E-state index in [-0.39, 0.29) is 31.2 Å².